The molecule has 2 aromatic carbocycles. The first kappa shape index (κ1) is 24.3. The Morgan fingerprint density at radius 1 is 1.09 bits per heavy atom. The van der Waals surface area contributed by atoms with Crippen molar-refractivity contribution < 1.29 is 23.7 Å². The minimum atomic E-state index is -0.689. The SMILES string of the molecule is CCOC(=O)C1=C(C)N=c2s/c(=C\c3cccc(OC)c3OC)c(=O)n2[C@@H]1c1ccc(OC)cc1. The molecule has 0 fully saturated rings. The highest BCUT2D eigenvalue weighted by molar-refractivity contribution is 7.07. The highest BCUT2D eigenvalue weighted by Gasteiger charge is 2.33. The van der Waals surface area contributed by atoms with E-state index in [1.807, 2.05) is 24.3 Å². The second-order valence-electron chi connectivity index (χ2n) is 7.66. The Morgan fingerprint density at radius 2 is 1.83 bits per heavy atom. The molecule has 8 nitrogen and oxygen atoms in total. The summed E-state index contributed by atoms with van der Waals surface area (Å²) in [7, 11) is 4.69. The summed E-state index contributed by atoms with van der Waals surface area (Å²) in [5.74, 6) is 1.25. The topological polar surface area (TPSA) is 88.4 Å². The van der Waals surface area contributed by atoms with E-state index in [4.69, 9.17) is 18.9 Å². The smallest absolute Gasteiger partial charge is 0.338 e. The third-order valence-corrected chi connectivity index (χ3v) is 6.65. The van der Waals surface area contributed by atoms with Crippen LogP contribution in [0.15, 0.2) is 63.5 Å². The van der Waals surface area contributed by atoms with Gasteiger partial charge in [0.15, 0.2) is 16.3 Å². The number of para-hydroxylation sites is 1. The largest absolute Gasteiger partial charge is 0.497 e. The third-order valence-electron chi connectivity index (χ3n) is 5.67. The third kappa shape index (κ3) is 4.46. The lowest BCUT2D eigenvalue weighted by molar-refractivity contribution is -0.139. The maximum absolute atomic E-state index is 13.7. The molecule has 0 saturated carbocycles. The minimum absolute atomic E-state index is 0.213. The molecule has 0 bridgehead atoms. The number of ether oxygens (including phenoxy) is 4. The molecule has 2 heterocycles. The second kappa shape index (κ2) is 10.2. The van der Waals surface area contributed by atoms with Crippen LogP contribution in [0.3, 0.4) is 0 Å². The number of carbonyl (C=O) groups is 1. The molecule has 4 rings (SSSR count). The first-order valence-corrected chi connectivity index (χ1v) is 11.8. The molecule has 1 atom stereocenters. The lowest BCUT2D eigenvalue weighted by Gasteiger charge is -2.24. The highest BCUT2D eigenvalue weighted by atomic mass is 32.1. The zero-order valence-electron chi connectivity index (χ0n) is 20.2. The molecule has 0 N–H and O–H groups in total. The molecular weight excluding hydrogens is 468 g/mol. The van der Waals surface area contributed by atoms with Crippen LogP contribution in [0.2, 0.25) is 0 Å². The number of aromatic nitrogens is 1. The Kier molecular flexibility index (Phi) is 7.07. The molecule has 0 spiro atoms. The van der Waals surface area contributed by atoms with Crippen LogP contribution in [-0.2, 0) is 9.53 Å². The van der Waals surface area contributed by atoms with Crippen molar-refractivity contribution in [2.45, 2.75) is 19.9 Å². The van der Waals surface area contributed by atoms with Crippen LogP contribution < -0.4 is 29.1 Å². The van der Waals surface area contributed by atoms with Gasteiger partial charge in [0.05, 0.1) is 49.8 Å². The zero-order valence-corrected chi connectivity index (χ0v) is 21.0. The molecule has 35 heavy (non-hydrogen) atoms. The predicted molar refractivity (Wildman–Crippen MR) is 133 cm³/mol. The summed E-state index contributed by atoms with van der Waals surface area (Å²) in [4.78, 5) is 31.8. The van der Waals surface area contributed by atoms with Gasteiger partial charge in [-0.15, -0.1) is 0 Å². The standard InChI is InChI=1S/C26H26N2O6S/c1-6-34-25(30)21-15(2)27-26-28(22(21)16-10-12-18(31-3)13-11-16)24(29)20(35-26)14-17-8-7-9-19(32-4)23(17)33-5/h7-14,22H,6H2,1-5H3/b20-14-/t22-/m1/s1. The average molecular weight is 495 g/mol. The average Bonchev–Trinajstić information content (AvgIpc) is 3.17. The van der Waals surface area contributed by atoms with Gasteiger partial charge in [-0.25, -0.2) is 9.79 Å². The summed E-state index contributed by atoms with van der Waals surface area (Å²) < 4.78 is 23.5. The predicted octanol–water partition coefficient (Wildman–Crippen LogP) is 2.82. The molecule has 0 saturated heterocycles. The summed E-state index contributed by atoms with van der Waals surface area (Å²) in [6, 6.07) is 12.0. The molecule has 182 valence electrons. The van der Waals surface area contributed by atoms with Crippen LogP contribution in [0.25, 0.3) is 6.08 Å². The van der Waals surface area contributed by atoms with Crippen LogP contribution in [-0.4, -0.2) is 38.5 Å². The zero-order chi connectivity index (χ0) is 25.1. The first-order valence-electron chi connectivity index (χ1n) is 11.0. The van der Waals surface area contributed by atoms with E-state index in [1.54, 1.807) is 64.0 Å². The molecule has 9 heteroatoms. The number of methoxy groups -OCH3 is 3. The van der Waals surface area contributed by atoms with Crippen LogP contribution in [0.4, 0.5) is 0 Å². The normalized spacial score (nSPS) is 15.3. The van der Waals surface area contributed by atoms with Crippen molar-refractivity contribution in [2.75, 3.05) is 27.9 Å². The Hall–Kier alpha value is -3.85. The molecule has 1 aliphatic heterocycles. The van der Waals surface area contributed by atoms with Crippen molar-refractivity contribution in [3.8, 4) is 17.2 Å². The number of allylic oxidation sites excluding steroid dienone is 1. The number of carbonyl (C=O) groups excluding carboxylic acids is 1. The van der Waals surface area contributed by atoms with E-state index in [0.29, 0.717) is 43.4 Å². The van der Waals surface area contributed by atoms with E-state index < -0.39 is 12.0 Å². The molecule has 0 aliphatic carbocycles. The van der Waals surface area contributed by atoms with E-state index in [-0.39, 0.29) is 12.2 Å². The van der Waals surface area contributed by atoms with Gasteiger partial charge in [-0.1, -0.05) is 35.6 Å². The first-order chi connectivity index (χ1) is 16.9. The number of rotatable bonds is 7. The van der Waals surface area contributed by atoms with Gasteiger partial charge in [0.1, 0.15) is 5.75 Å². The lowest BCUT2D eigenvalue weighted by atomic mass is 9.96. The van der Waals surface area contributed by atoms with Crippen molar-refractivity contribution in [1.29, 1.82) is 0 Å². The quantitative estimate of drug-likeness (QED) is 0.470. The Morgan fingerprint density at radius 3 is 2.46 bits per heavy atom. The molecular formula is C26H26N2O6S. The van der Waals surface area contributed by atoms with E-state index in [9.17, 15) is 9.59 Å². The minimum Gasteiger partial charge on any atom is -0.497 e. The second-order valence-corrected chi connectivity index (χ2v) is 8.67. The van der Waals surface area contributed by atoms with Crippen LogP contribution >= 0.6 is 11.3 Å². The number of hydrogen-bond acceptors (Lipinski definition) is 8. The van der Waals surface area contributed by atoms with Crippen LogP contribution in [0.5, 0.6) is 17.2 Å². The number of benzene rings is 2. The Balaban J connectivity index is 1.96. The fraction of sp³-hybridized carbons (Fsp3) is 0.269. The Bertz CT molecular complexity index is 1470. The van der Waals surface area contributed by atoms with E-state index >= 15 is 0 Å². The highest BCUT2D eigenvalue weighted by Crippen LogP contribution is 2.33. The molecule has 3 aromatic rings. The number of esters is 1. The van der Waals surface area contributed by atoms with Crippen molar-refractivity contribution in [2.24, 2.45) is 4.99 Å². The summed E-state index contributed by atoms with van der Waals surface area (Å²) in [6.45, 7) is 3.71. The number of hydrogen-bond donors (Lipinski definition) is 0. The summed E-state index contributed by atoms with van der Waals surface area (Å²) in [5, 5.41) is 0. The van der Waals surface area contributed by atoms with Gasteiger partial charge < -0.3 is 18.9 Å². The maximum atomic E-state index is 13.7. The number of nitrogens with zero attached hydrogens (tertiary/aromatic N) is 2. The van der Waals surface area contributed by atoms with Gasteiger partial charge in [-0.2, -0.15) is 0 Å². The van der Waals surface area contributed by atoms with Gasteiger partial charge >= 0.3 is 5.97 Å². The summed E-state index contributed by atoms with van der Waals surface area (Å²) >= 11 is 1.25. The molecule has 1 aliphatic rings. The van der Waals surface area contributed by atoms with Crippen molar-refractivity contribution in [3.05, 3.63) is 84.5 Å². The van der Waals surface area contributed by atoms with Gasteiger partial charge in [-0.3, -0.25) is 9.36 Å². The Labute approximate surface area is 206 Å². The van der Waals surface area contributed by atoms with Crippen LogP contribution in [0, 0.1) is 0 Å². The summed E-state index contributed by atoms with van der Waals surface area (Å²) in [6.07, 6.45) is 1.75. The van der Waals surface area contributed by atoms with Crippen molar-refractivity contribution in [1.82, 2.24) is 4.57 Å². The molecule has 1 aromatic heterocycles. The van der Waals surface area contributed by atoms with Gasteiger partial charge in [0.25, 0.3) is 5.56 Å². The van der Waals surface area contributed by atoms with Gasteiger partial charge in [-0.05, 0) is 43.7 Å². The van der Waals surface area contributed by atoms with E-state index in [2.05, 4.69) is 4.99 Å². The number of thiazole rings is 1. The molecule has 0 amide bonds. The molecule has 0 radical (unpaired) electrons. The summed E-state index contributed by atoms with van der Waals surface area (Å²) in [5.41, 5.74) is 2.01. The van der Waals surface area contributed by atoms with Crippen molar-refractivity contribution in [3.63, 3.8) is 0 Å². The van der Waals surface area contributed by atoms with Crippen molar-refractivity contribution >= 4 is 23.4 Å². The van der Waals surface area contributed by atoms with E-state index in [1.165, 1.54) is 11.3 Å². The van der Waals surface area contributed by atoms with Gasteiger partial charge in [0.2, 0.25) is 0 Å². The monoisotopic (exact) mass is 494 g/mol. The lowest BCUT2D eigenvalue weighted by Crippen LogP contribution is -2.39. The van der Waals surface area contributed by atoms with Crippen LogP contribution in [0.1, 0.15) is 31.0 Å². The fourth-order valence-corrected chi connectivity index (χ4v) is 5.10. The maximum Gasteiger partial charge on any atom is 0.338 e. The molecule has 0 unspecified atom stereocenters. The fourth-order valence-electron chi connectivity index (χ4n) is 4.06. The van der Waals surface area contributed by atoms with E-state index in [0.717, 1.165) is 5.56 Å². The number of fused-ring (bicyclic) bond motifs is 1. The van der Waals surface area contributed by atoms with Gasteiger partial charge in [0, 0.05) is 5.56 Å².